The van der Waals surface area contributed by atoms with Gasteiger partial charge in [-0.2, -0.15) is 5.10 Å². The molecule has 3 heteroatoms. The summed E-state index contributed by atoms with van der Waals surface area (Å²) < 4.78 is 0. The maximum absolute atomic E-state index is 6.03. The monoisotopic (exact) mass is 209 g/mol. The zero-order valence-electron chi connectivity index (χ0n) is 9.87. The number of H-pyrrole nitrogens is 1. The van der Waals surface area contributed by atoms with Gasteiger partial charge in [0.05, 0.1) is 5.69 Å². The summed E-state index contributed by atoms with van der Waals surface area (Å²) in [6.45, 7) is 4.42. The number of aromatic nitrogens is 2. The average Bonchev–Trinajstić information content (AvgIpc) is 2.76. The lowest BCUT2D eigenvalue weighted by molar-refractivity contribution is 0.495. The van der Waals surface area contributed by atoms with Crippen LogP contribution in [0.2, 0.25) is 0 Å². The summed E-state index contributed by atoms with van der Waals surface area (Å²) in [5, 5.41) is 7.04. The predicted molar refractivity (Wildman–Crippen MR) is 63.7 cm³/mol. The highest BCUT2D eigenvalue weighted by Gasteiger charge is 2.09. The lowest BCUT2D eigenvalue weighted by Gasteiger charge is -2.13. The van der Waals surface area contributed by atoms with Crippen molar-refractivity contribution in [3.8, 4) is 0 Å². The van der Waals surface area contributed by atoms with Gasteiger partial charge in [0, 0.05) is 18.2 Å². The first-order chi connectivity index (χ1) is 7.24. The molecule has 1 aromatic rings. The fourth-order valence-corrected chi connectivity index (χ4v) is 1.77. The van der Waals surface area contributed by atoms with Crippen LogP contribution in [-0.2, 0) is 0 Å². The molecular formula is C12H23N3. The van der Waals surface area contributed by atoms with Gasteiger partial charge in [0.2, 0.25) is 0 Å². The normalized spacial score (nSPS) is 15.1. The molecular weight excluding hydrogens is 186 g/mol. The van der Waals surface area contributed by atoms with Crippen molar-refractivity contribution in [2.45, 2.75) is 57.9 Å². The molecule has 0 saturated carbocycles. The van der Waals surface area contributed by atoms with E-state index in [0.717, 1.165) is 25.0 Å². The van der Waals surface area contributed by atoms with Gasteiger partial charge < -0.3 is 5.73 Å². The SMILES string of the molecule is CCCCC(N)CCC(C)c1cc[nH]n1. The van der Waals surface area contributed by atoms with Crippen LogP contribution in [0.5, 0.6) is 0 Å². The Kier molecular flexibility index (Phi) is 5.40. The van der Waals surface area contributed by atoms with Gasteiger partial charge in [-0.15, -0.1) is 0 Å². The van der Waals surface area contributed by atoms with Gasteiger partial charge in [-0.1, -0.05) is 26.7 Å². The summed E-state index contributed by atoms with van der Waals surface area (Å²) in [7, 11) is 0. The Labute approximate surface area is 92.5 Å². The number of rotatable bonds is 7. The molecule has 0 spiro atoms. The maximum Gasteiger partial charge on any atom is 0.0650 e. The summed E-state index contributed by atoms with van der Waals surface area (Å²) in [4.78, 5) is 0. The van der Waals surface area contributed by atoms with Crippen LogP contribution in [0.25, 0.3) is 0 Å². The minimum Gasteiger partial charge on any atom is -0.328 e. The highest BCUT2D eigenvalue weighted by molar-refractivity contribution is 5.03. The Bertz CT molecular complexity index is 243. The van der Waals surface area contributed by atoms with E-state index in [9.17, 15) is 0 Å². The second kappa shape index (κ2) is 6.62. The number of nitrogens with two attached hydrogens (primary N) is 1. The van der Waals surface area contributed by atoms with Crippen LogP contribution in [0, 0.1) is 0 Å². The second-order valence-corrected chi connectivity index (χ2v) is 4.38. The summed E-state index contributed by atoms with van der Waals surface area (Å²) in [6, 6.07) is 2.41. The number of hydrogen-bond donors (Lipinski definition) is 2. The molecule has 0 bridgehead atoms. The Morgan fingerprint density at radius 1 is 1.40 bits per heavy atom. The summed E-state index contributed by atoms with van der Waals surface area (Å²) in [5.41, 5.74) is 7.18. The fourth-order valence-electron chi connectivity index (χ4n) is 1.77. The number of aromatic amines is 1. The van der Waals surface area contributed by atoms with Crippen LogP contribution in [0.15, 0.2) is 12.3 Å². The summed E-state index contributed by atoms with van der Waals surface area (Å²) >= 11 is 0. The molecule has 0 saturated heterocycles. The maximum atomic E-state index is 6.03. The van der Waals surface area contributed by atoms with Crippen LogP contribution >= 0.6 is 0 Å². The van der Waals surface area contributed by atoms with Gasteiger partial charge in [-0.05, 0) is 25.3 Å². The highest BCUT2D eigenvalue weighted by atomic mass is 15.1. The zero-order chi connectivity index (χ0) is 11.1. The molecule has 0 aliphatic carbocycles. The van der Waals surface area contributed by atoms with Crippen molar-refractivity contribution in [3.63, 3.8) is 0 Å². The highest BCUT2D eigenvalue weighted by Crippen LogP contribution is 2.19. The first-order valence-electron chi connectivity index (χ1n) is 5.99. The van der Waals surface area contributed by atoms with Crippen molar-refractivity contribution >= 4 is 0 Å². The topological polar surface area (TPSA) is 54.7 Å². The fraction of sp³-hybridized carbons (Fsp3) is 0.750. The first-order valence-corrected chi connectivity index (χ1v) is 5.99. The molecule has 1 aromatic heterocycles. The van der Waals surface area contributed by atoms with Crippen LogP contribution in [0.1, 0.15) is 57.6 Å². The standard InChI is InChI=1S/C12H23N3/c1-3-4-5-11(13)7-6-10(2)12-8-9-14-15-12/h8-11H,3-7,13H2,1-2H3,(H,14,15). The van der Waals surface area contributed by atoms with E-state index in [2.05, 4.69) is 24.0 Å². The number of nitrogens with zero attached hydrogens (tertiary/aromatic N) is 1. The smallest absolute Gasteiger partial charge is 0.0650 e. The Morgan fingerprint density at radius 3 is 2.80 bits per heavy atom. The average molecular weight is 209 g/mol. The number of nitrogens with one attached hydrogen (secondary N) is 1. The van der Waals surface area contributed by atoms with Gasteiger partial charge in [0.25, 0.3) is 0 Å². The zero-order valence-corrected chi connectivity index (χ0v) is 9.87. The molecule has 0 aliphatic heterocycles. The largest absolute Gasteiger partial charge is 0.328 e. The van der Waals surface area contributed by atoms with E-state index in [1.807, 2.05) is 12.3 Å². The third-order valence-corrected chi connectivity index (χ3v) is 2.93. The van der Waals surface area contributed by atoms with E-state index in [1.165, 1.54) is 12.8 Å². The van der Waals surface area contributed by atoms with Crippen molar-refractivity contribution in [3.05, 3.63) is 18.0 Å². The van der Waals surface area contributed by atoms with Crippen molar-refractivity contribution in [1.82, 2.24) is 10.2 Å². The lowest BCUT2D eigenvalue weighted by atomic mass is 9.97. The second-order valence-electron chi connectivity index (χ2n) is 4.38. The quantitative estimate of drug-likeness (QED) is 0.725. The van der Waals surface area contributed by atoms with Gasteiger partial charge >= 0.3 is 0 Å². The van der Waals surface area contributed by atoms with Crippen molar-refractivity contribution < 1.29 is 0 Å². The molecule has 0 amide bonds. The molecule has 2 unspecified atom stereocenters. The summed E-state index contributed by atoms with van der Waals surface area (Å²) in [6.07, 6.45) is 7.76. The van der Waals surface area contributed by atoms with Crippen LogP contribution in [0.3, 0.4) is 0 Å². The molecule has 1 rings (SSSR count). The summed E-state index contributed by atoms with van der Waals surface area (Å²) in [5.74, 6) is 0.518. The van der Waals surface area contributed by atoms with E-state index in [1.54, 1.807) is 0 Å². The van der Waals surface area contributed by atoms with E-state index < -0.39 is 0 Å². The van der Waals surface area contributed by atoms with Gasteiger partial charge in [-0.25, -0.2) is 0 Å². The number of hydrogen-bond acceptors (Lipinski definition) is 2. The van der Waals surface area contributed by atoms with Gasteiger partial charge in [-0.3, -0.25) is 5.10 Å². The van der Waals surface area contributed by atoms with E-state index in [4.69, 9.17) is 5.73 Å². The molecule has 15 heavy (non-hydrogen) atoms. The van der Waals surface area contributed by atoms with Crippen LogP contribution < -0.4 is 5.73 Å². The van der Waals surface area contributed by atoms with Crippen LogP contribution in [0.4, 0.5) is 0 Å². The predicted octanol–water partition coefficient (Wildman–Crippen LogP) is 2.81. The molecule has 3 nitrogen and oxygen atoms in total. The Morgan fingerprint density at radius 2 is 2.20 bits per heavy atom. The Hall–Kier alpha value is -0.830. The van der Waals surface area contributed by atoms with E-state index in [-0.39, 0.29) is 0 Å². The van der Waals surface area contributed by atoms with Crippen molar-refractivity contribution in [2.75, 3.05) is 0 Å². The number of unbranched alkanes of at least 4 members (excludes halogenated alkanes) is 1. The molecule has 0 aromatic carbocycles. The van der Waals surface area contributed by atoms with Gasteiger partial charge in [0.1, 0.15) is 0 Å². The molecule has 0 fully saturated rings. The van der Waals surface area contributed by atoms with Gasteiger partial charge in [0.15, 0.2) is 0 Å². The minimum atomic E-state index is 0.367. The van der Waals surface area contributed by atoms with Crippen molar-refractivity contribution in [1.29, 1.82) is 0 Å². The van der Waals surface area contributed by atoms with E-state index in [0.29, 0.717) is 12.0 Å². The lowest BCUT2D eigenvalue weighted by Crippen LogP contribution is -2.20. The van der Waals surface area contributed by atoms with Crippen LogP contribution in [-0.4, -0.2) is 16.2 Å². The third-order valence-electron chi connectivity index (χ3n) is 2.93. The van der Waals surface area contributed by atoms with E-state index >= 15 is 0 Å². The molecule has 86 valence electrons. The molecule has 2 atom stereocenters. The Balaban J connectivity index is 2.19. The van der Waals surface area contributed by atoms with Crippen molar-refractivity contribution in [2.24, 2.45) is 5.73 Å². The first kappa shape index (κ1) is 12.2. The molecule has 0 radical (unpaired) electrons. The third kappa shape index (κ3) is 4.47. The minimum absolute atomic E-state index is 0.367. The molecule has 3 N–H and O–H groups in total. The molecule has 0 aliphatic rings. The molecule has 1 heterocycles.